The van der Waals surface area contributed by atoms with E-state index in [1.54, 1.807) is 12.3 Å². The number of hydrogen-bond acceptors (Lipinski definition) is 4. The Bertz CT molecular complexity index is 580. The van der Waals surface area contributed by atoms with Crippen LogP contribution in [-0.2, 0) is 13.1 Å². The molecule has 0 fully saturated rings. The number of nitrogens with zero attached hydrogens (tertiary/aromatic N) is 4. The summed E-state index contributed by atoms with van der Waals surface area (Å²) in [5.41, 5.74) is 2.02. The molecule has 0 amide bonds. The van der Waals surface area contributed by atoms with Crippen LogP contribution in [0.2, 0.25) is 5.15 Å². The summed E-state index contributed by atoms with van der Waals surface area (Å²) in [5, 5.41) is 9.26. The van der Waals surface area contributed by atoms with Crippen molar-refractivity contribution in [1.82, 2.24) is 14.9 Å². The second-order valence-corrected chi connectivity index (χ2v) is 4.82. The van der Waals surface area contributed by atoms with Crippen LogP contribution in [0.4, 0.5) is 0 Å². The first-order valence-electron chi connectivity index (χ1n) is 6.37. The number of aromatic nitrogens is 2. The summed E-state index contributed by atoms with van der Waals surface area (Å²) >= 11 is 5.90. The summed E-state index contributed by atoms with van der Waals surface area (Å²) in [7, 11) is 0. The maximum atomic E-state index is 8.77. The van der Waals surface area contributed by atoms with E-state index in [9.17, 15) is 0 Å². The third-order valence-electron chi connectivity index (χ3n) is 2.83. The fraction of sp³-hybridized carbons (Fsp3) is 0.267. The molecule has 20 heavy (non-hydrogen) atoms. The van der Waals surface area contributed by atoms with E-state index < -0.39 is 0 Å². The molecular formula is C15H15ClN4. The second kappa shape index (κ2) is 7.59. The molecule has 0 spiro atoms. The van der Waals surface area contributed by atoms with Crippen LogP contribution in [-0.4, -0.2) is 21.4 Å². The fourth-order valence-electron chi connectivity index (χ4n) is 1.94. The predicted molar refractivity (Wildman–Crippen MR) is 77.8 cm³/mol. The highest BCUT2D eigenvalue weighted by molar-refractivity contribution is 6.29. The standard InChI is InChI=1S/C15H15ClN4/c16-15-6-1-5-14(19-15)12-20(9-3-7-17)11-13-4-2-8-18-10-13/h1-2,4-6,8,10H,3,9,11-12H2. The molecule has 0 N–H and O–H groups in total. The van der Waals surface area contributed by atoms with Crippen molar-refractivity contribution in [3.63, 3.8) is 0 Å². The largest absolute Gasteiger partial charge is 0.292 e. The van der Waals surface area contributed by atoms with Crippen molar-refractivity contribution in [2.45, 2.75) is 19.5 Å². The maximum Gasteiger partial charge on any atom is 0.129 e. The molecule has 0 radical (unpaired) electrons. The Hall–Kier alpha value is -1.96. The minimum absolute atomic E-state index is 0.487. The molecule has 102 valence electrons. The normalized spacial score (nSPS) is 10.4. The van der Waals surface area contributed by atoms with E-state index in [0.717, 1.165) is 17.8 Å². The molecule has 2 rings (SSSR count). The molecule has 0 saturated heterocycles. The van der Waals surface area contributed by atoms with Crippen LogP contribution in [0.5, 0.6) is 0 Å². The fourth-order valence-corrected chi connectivity index (χ4v) is 2.12. The Morgan fingerprint density at radius 3 is 2.80 bits per heavy atom. The Labute approximate surface area is 123 Å². The highest BCUT2D eigenvalue weighted by Crippen LogP contribution is 2.11. The molecule has 5 heteroatoms. The third-order valence-corrected chi connectivity index (χ3v) is 3.04. The monoisotopic (exact) mass is 286 g/mol. The first-order chi connectivity index (χ1) is 9.78. The van der Waals surface area contributed by atoms with Crippen LogP contribution in [0.1, 0.15) is 17.7 Å². The van der Waals surface area contributed by atoms with E-state index >= 15 is 0 Å². The van der Waals surface area contributed by atoms with Crippen LogP contribution >= 0.6 is 11.6 Å². The Morgan fingerprint density at radius 2 is 2.10 bits per heavy atom. The number of halogens is 1. The molecule has 0 aliphatic heterocycles. The Morgan fingerprint density at radius 1 is 1.20 bits per heavy atom. The molecule has 2 aromatic heterocycles. The number of hydrogen-bond donors (Lipinski definition) is 0. The van der Waals surface area contributed by atoms with E-state index in [4.69, 9.17) is 16.9 Å². The zero-order valence-corrected chi connectivity index (χ0v) is 11.8. The van der Waals surface area contributed by atoms with Gasteiger partial charge < -0.3 is 0 Å². The summed E-state index contributed by atoms with van der Waals surface area (Å²) in [6, 6.07) is 11.7. The van der Waals surface area contributed by atoms with Gasteiger partial charge in [-0.25, -0.2) is 4.98 Å². The van der Waals surface area contributed by atoms with Gasteiger partial charge in [0.05, 0.1) is 11.8 Å². The third kappa shape index (κ3) is 4.61. The zero-order valence-electron chi connectivity index (χ0n) is 11.0. The summed E-state index contributed by atoms with van der Waals surface area (Å²) < 4.78 is 0. The Kier molecular flexibility index (Phi) is 5.48. The van der Waals surface area contributed by atoms with Crippen LogP contribution in [0.25, 0.3) is 0 Å². The second-order valence-electron chi connectivity index (χ2n) is 4.43. The van der Waals surface area contributed by atoms with Gasteiger partial charge in [-0.2, -0.15) is 5.26 Å². The average molecular weight is 287 g/mol. The van der Waals surface area contributed by atoms with Crippen molar-refractivity contribution >= 4 is 11.6 Å². The molecule has 2 aromatic rings. The lowest BCUT2D eigenvalue weighted by atomic mass is 10.2. The van der Waals surface area contributed by atoms with Crippen LogP contribution in [0.3, 0.4) is 0 Å². The molecule has 0 atom stereocenters. The number of pyridine rings is 2. The molecule has 4 nitrogen and oxygen atoms in total. The SMILES string of the molecule is N#CCCN(Cc1cccnc1)Cc1cccc(Cl)n1. The van der Waals surface area contributed by atoms with E-state index in [1.807, 2.05) is 30.5 Å². The smallest absolute Gasteiger partial charge is 0.129 e. The van der Waals surface area contributed by atoms with E-state index in [2.05, 4.69) is 20.9 Å². The topological polar surface area (TPSA) is 52.8 Å². The highest BCUT2D eigenvalue weighted by atomic mass is 35.5. The van der Waals surface area contributed by atoms with Gasteiger partial charge in [-0.1, -0.05) is 23.7 Å². The summed E-state index contributed by atoms with van der Waals surface area (Å²) in [4.78, 5) is 10.6. The molecule has 0 bridgehead atoms. The van der Waals surface area contributed by atoms with Gasteiger partial charge in [-0.15, -0.1) is 0 Å². The van der Waals surface area contributed by atoms with Crippen LogP contribution in [0.15, 0.2) is 42.7 Å². The van der Waals surface area contributed by atoms with Gasteiger partial charge in [0.2, 0.25) is 0 Å². The minimum Gasteiger partial charge on any atom is -0.292 e. The van der Waals surface area contributed by atoms with E-state index in [1.165, 1.54) is 0 Å². The highest BCUT2D eigenvalue weighted by Gasteiger charge is 2.08. The van der Waals surface area contributed by atoms with Crippen LogP contribution < -0.4 is 0 Å². The minimum atomic E-state index is 0.487. The van der Waals surface area contributed by atoms with Gasteiger partial charge in [-0.3, -0.25) is 9.88 Å². The van der Waals surface area contributed by atoms with Crippen LogP contribution in [0, 0.1) is 11.3 Å². The van der Waals surface area contributed by atoms with Gasteiger partial charge in [0, 0.05) is 38.4 Å². The van der Waals surface area contributed by atoms with Gasteiger partial charge >= 0.3 is 0 Å². The predicted octanol–water partition coefficient (Wildman–Crippen LogP) is 3.05. The Balaban J connectivity index is 2.05. The molecule has 0 aliphatic rings. The number of nitriles is 1. The lowest BCUT2D eigenvalue weighted by Gasteiger charge is -2.20. The lowest BCUT2D eigenvalue weighted by Crippen LogP contribution is -2.24. The molecular weight excluding hydrogens is 272 g/mol. The van der Waals surface area contributed by atoms with Crippen molar-refractivity contribution < 1.29 is 0 Å². The summed E-state index contributed by atoms with van der Waals surface area (Å²) in [6.07, 6.45) is 4.08. The van der Waals surface area contributed by atoms with Gasteiger partial charge in [0.15, 0.2) is 0 Å². The molecule has 0 saturated carbocycles. The van der Waals surface area contributed by atoms with Crippen molar-refractivity contribution in [3.05, 3.63) is 59.1 Å². The van der Waals surface area contributed by atoms with Gasteiger partial charge in [-0.05, 0) is 23.8 Å². The lowest BCUT2D eigenvalue weighted by molar-refractivity contribution is 0.259. The van der Waals surface area contributed by atoms with E-state index in [-0.39, 0.29) is 0 Å². The maximum absolute atomic E-state index is 8.77. The van der Waals surface area contributed by atoms with Crippen molar-refractivity contribution in [1.29, 1.82) is 5.26 Å². The summed E-state index contributed by atoms with van der Waals surface area (Å²) in [6.45, 7) is 2.10. The molecule has 0 aromatic carbocycles. The van der Waals surface area contributed by atoms with E-state index in [0.29, 0.717) is 24.7 Å². The van der Waals surface area contributed by atoms with Crippen molar-refractivity contribution in [3.8, 4) is 6.07 Å². The molecule has 2 heterocycles. The summed E-state index contributed by atoms with van der Waals surface area (Å²) in [5.74, 6) is 0. The van der Waals surface area contributed by atoms with Gasteiger partial charge in [0.25, 0.3) is 0 Å². The number of rotatable bonds is 6. The van der Waals surface area contributed by atoms with Gasteiger partial charge in [0.1, 0.15) is 5.15 Å². The average Bonchev–Trinajstić information content (AvgIpc) is 2.46. The molecule has 0 unspecified atom stereocenters. The van der Waals surface area contributed by atoms with Crippen molar-refractivity contribution in [2.75, 3.05) is 6.54 Å². The quantitative estimate of drug-likeness (QED) is 0.766. The zero-order chi connectivity index (χ0) is 14.2. The first kappa shape index (κ1) is 14.4. The molecule has 0 aliphatic carbocycles. The van der Waals surface area contributed by atoms with Crippen molar-refractivity contribution in [2.24, 2.45) is 0 Å². The first-order valence-corrected chi connectivity index (χ1v) is 6.75.